The molecule has 1 unspecified atom stereocenters. The maximum absolute atomic E-state index is 6.53. The molecule has 0 saturated heterocycles. The van der Waals surface area contributed by atoms with E-state index in [1.165, 1.54) is 11.1 Å². The Hall–Kier alpha value is -0.500. The van der Waals surface area contributed by atoms with Crippen molar-refractivity contribution in [3.8, 4) is 0 Å². The summed E-state index contributed by atoms with van der Waals surface area (Å²) in [5, 5.41) is 2.70. The molecule has 0 bridgehead atoms. The van der Waals surface area contributed by atoms with Gasteiger partial charge in [-0.15, -0.1) is 22.9 Å². The second-order valence-electron chi connectivity index (χ2n) is 4.32. The number of rotatable bonds is 2. The molecule has 1 heterocycles. The highest BCUT2D eigenvalue weighted by Gasteiger charge is 2.19. The van der Waals surface area contributed by atoms with Crippen LogP contribution < -0.4 is 0 Å². The zero-order chi connectivity index (χ0) is 12.6. The number of hydrogen-bond acceptors (Lipinski definition) is 1. The number of alkyl halides is 1. The Morgan fingerprint density at radius 3 is 2.35 bits per heavy atom. The van der Waals surface area contributed by atoms with Gasteiger partial charge in [-0.2, -0.15) is 0 Å². The van der Waals surface area contributed by atoms with E-state index in [0.717, 1.165) is 21.0 Å². The molecule has 1 atom stereocenters. The zero-order valence-electron chi connectivity index (χ0n) is 10.1. The smallest absolute Gasteiger partial charge is 0.0945 e. The van der Waals surface area contributed by atoms with Gasteiger partial charge in [-0.3, -0.25) is 0 Å². The van der Waals surface area contributed by atoms with E-state index in [1.54, 1.807) is 11.3 Å². The van der Waals surface area contributed by atoms with Crippen molar-refractivity contribution in [2.75, 3.05) is 0 Å². The number of halogens is 2. The summed E-state index contributed by atoms with van der Waals surface area (Å²) in [4.78, 5) is 1.04. The van der Waals surface area contributed by atoms with Gasteiger partial charge in [0.25, 0.3) is 0 Å². The fourth-order valence-corrected chi connectivity index (χ4v) is 3.73. The summed E-state index contributed by atoms with van der Waals surface area (Å²) in [5.74, 6) is 0. The average Bonchev–Trinajstić information content (AvgIpc) is 2.59. The van der Waals surface area contributed by atoms with E-state index in [0.29, 0.717) is 0 Å². The first-order valence-corrected chi connectivity index (χ1v) is 7.15. The summed E-state index contributed by atoms with van der Waals surface area (Å²) in [6, 6.07) is 6.33. The fourth-order valence-electron chi connectivity index (χ4n) is 1.87. The molecule has 0 aliphatic rings. The normalized spacial score (nSPS) is 12.8. The molecule has 1 aromatic heterocycles. The van der Waals surface area contributed by atoms with Gasteiger partial charge in [-0.25, -0.2) is 0 Å². The number of thiophene rings is 1. The van der Waals surface area contributed by atoms with Gasteiger partial charge < -0.3 is 0 Å². The Kier molecular flexibility index (Phi) is 3.82. The van der Waals surface area contributed by atoms with Crippen molar-refractivity contribution in [1.82, 2.24) is 0 Å². The van der Waals surface area contributed by atoms with Crippen LogP contribution in [0.2, 0.25) is 5.02 Å². The molecule has 0 amide bonds. The van der Waals surface area contributed by atoms with E-state index in [-0.39, 0.29) is 5.38 Å². The molecule has 0 saturated carbocycles. The van der Waals surface area contributed by atoms with Gasteiger partial charge >= 0.3 is 0 Å². The minimum absolute atomic E-state index is 0.151. The molecule has 0 nitrogen and oxygen atoms in total. The SMILES string of the molecule is Cc1ccc(C(Cl)c2scc(C)c2Cl)c(C)c1. The first-order chi connectivity index (χ1) is 8.00. The topological polar surface area (TPSA) is 0 Å². The highest BCUT2D eigenvalue weighted by Crippen LogP contribution is 2.40. The molecule has 0 N–H and O–H groups in total. The second-order valence-corrected chi connectivity index (χ2v) is 6.05. The molecule has 0 aliphatic carbocycles. The van der Waals surface area contributed by atoms with Gasteiger partial charge in [0.1, 0.15) is 0 Å². The van der Waals surface area contributed by atoms with Crippen LogP contribution in [0.3, 0.4) is 0 Å². The monoisotopic (exact) mass is 284 g/mol. The third-order valence-corrected chi connectivity index (χ3v) is 5.22. The molecule has 0 radical (unpaired) electrons. The molecule has 17 heavy (non-hydrogen) atoms. The Balaban J connectivity index is 2.43. The molecule has 2 aromatic rings. The van der Waals surface area contributed by atoms with Crippen molar-refractivity contribution in [2.24, 2.45) is 0 Å². The summed E-state index contributed by atoms with van der Waals surface area (Å²) in [7, 11) is 0. The predicted molar refractivity (Wildman–Crippen MR) is 77.7 cm³/mol. The predicted octanol–water partition coefficient (Wildman–Crippen LogP) is 5.65. The van der Waals surface area contributed by atoms with Crippen molar-refractivity contribution >= 4 is 34.5 Å². The Morgan fingerprint density at radius 2 is 1.82 bits per heavy atom. The number of aryl methyl sites for hydroxylation is 3. The van der Waals surface area contributed by atoms with E-state index in [1.807, 2.05) is 6.92 Å². The third kappa shape index (κ3) is 2.52. The Labute approximate surface area is 116 Å². The first kappa shape index (κ1) is 12.9. The lowest BCUT2D eigenvalue weighted by Crippen LogP contribution is -1.95. The van der Waals surface area contributed by atoms with Crippen LogP contribution in [0.1, 0.15) is 32.5 Å². The molecule has 3 heteroatoms. The summed E-state index contributed by atoms with van der Waals surface area (Å²) in [6.07, 6.45) is 0. The van der Waals surface area contributed by atoms with Gasteiger partial charge in [0.2, 0.25) is 0 Å². The summed E-state index contributed by atoms with van der Waals surface area (Å²) in [6.45, 7) is 6.18. The molecule has 0 aliphatic heterocycles. The minimum atomic E-state index is -0.151. The lowest BCUT2D eigenvalue weighted by Gasteiger charge is -2.12. The van der Waals surface area contributed by atoms with E-state index >= 15 is 0 Å². The van der Waals surface area contributed by atoms with Crippen LogP contribution in [0, 0.1) is 20.8 Å². The van der Waals surface area contributed by atoms with Crippen LogP contribution in [0.5, 0.6) is 0 Å². The molecular weight excluding hydrogens is 271 g/mol. The van der Waals surface area contributed by atoms with Gasteiger partial charge in [0.15, 0.2) is 0 Å². The van der Waals surface area contributed by atoms with Gasteiger partial charge in [-0.1, -0.05) is 35.4 Å². The fraction of sp³-hybridized carbons (Fsp3) is 0.286. The largest absolute Gasteiger partial charge is 0.145 e. The van der Waals surface area contributed by atoms with Crippen LogP contribution in [0.4, 0.5) is 0 Å². The van der Waals surface area contributed by atoms with Crippen molar-refractivity contribution in [1.29, 1.82) is 0 Å². The van der Waals surface area contributed by atoms with Crippen LogP contribution in [-0.4, -0.2) is 0 Å². The number of benzene rings is 1. The van der Waals surface area contributed by atoms with Gasteiger partial charge in [-0.05, 0) is 42.8 Å². The molecule has 2 rings (SSSR count). The van der Waals surface area contributed by atoms with Crippen LogP contribution in [0.15, 0.2) is 23.6 Å². The van der Waals surface area contributed by atoms with E-state index in [2.05, 4.69) is 37.4 Å². The van der Waals surface area contributed by atoms with Crippen LogP contribution in [-0.2, 0) is 0 Å². The summed E-state index contributed by atoms with van der Waals surface area (Å²) < 4.78 is 0. The summed E-state index contributed by atoms with van der Waals surface area (Å²) >= 11 is 14.4. The zero-order valence-corrected chi connectivity index (χ0v) is 12.4. The van der Waals surface area contributed by atoms with Crippen molar-refractivity contribution < 1.29 is 0 Å². The van der Waals surface area contributed by atoms with E-state index < -0.39 is 0 Å². The van der Waals surface area contributed by atoms with E-state index in [4.69, 9.17) is 23.2 Å². The van der Waals surface area contributed by atoms with Crippen molar-refractivity contribution in [2.45, 2.75) is 26.1 Å². The minimum Gasteiger partial charge on any atom is -0.145 e. The van der Waals surface area contributed by atoms with Crippen molar-refractivity contribution in [3.05, 3.63) is 55.7 Å². The van der Waals surface area contributed by atoms with Gasteiger partial charge in [0, 0.05) is 4.88 Å². The Bertz CT molecular complexity index is 543. The molecule has 1 aromatic carbocycles. The average molecular weight is 285 g/mol. The maximum Gasteiger partial charge on any atom is 0.0945 e. The highest BCUT2D eigenvalue weighted by molar-refractivity contribution is 7.11. The van der Waals surface area contributed by atoms with Gasteiger partial charge in [0.05, 0.1) is 10.4 Å². The maximum atomic E-state index is 6.53. The highest BCUT2D eigenvalue weighted by atomic mass is 35.5. The Morgan fingerprint density at radius 1 is 1.12 bits per heavy atom. The van der Waals surface area contributed by atoms with Crippen LogP contribution >= 0.6 is 34.5 Å². The molecular formula is C14H14Cl2S. The molecule has 0 fully saturated rings. The lowest BCUT2D eigenvalue weighted by atomic mass is 10.0. The standard InChI is InChI=1S/C14H14Cl2S/c1-8-4-5-11(9(2)6-8)13(16)14-12(15)10(3)7-17-14/h4-7,13H,1-3H3. The van der Waals surface area contributed by atoms with Crippen molar-refractivity contribution in [3.63, 3.8) is 0 Å². The molecule has 0 spiro atoms. The molecule has 90 valence electrons. The summed E-state index contributed by atoms with van der Waals surface area (Å²) in [5.41, 5.74) is 4.71. The number of hydrogen-bond donors (Lipinski definition) is 0. The van der Waals surface area contributed by atoms with E-state index in [9.17, 15) is 0 Å². The first-order valence-electron chi connectivity index (χ1n) is 5.45. The van der Waals surface area contributed by atoms with Crippen LogP contribution in [0.25, 0.3) is 0 Å². The quantitative estimate of drug-likeness (QED) is 0.625. The second kappa shape index (κ2) is 5.01. The third-order valence-electron chi connectivity index (χ3n) is 2.85. The lowest BCUT2D eigenvalue weighted by molar-refractivity contribution is 1.13.